The van der Waals surface area contributed by atoms with E-state index in [9.17, 15) is 0 Å². The molecule has 2 heterocycles. The zero-order valence-electron chi connectivity index (χ0n) is 14.3. The average molecular weight is 344 g/mol. The summed E-state index contributed by atoms with van der Waals surface area (Å²) < 4.78 is 0. The molecule has 3 aromatic rings. The number of benzene rings is 1. The molecule has 0 fully saturated rings. The van der Waals surface area contributed by atoms with Crippen LogP contribution in [0, 0.1) is 0 Å². The van der Waals surface area contributed by atoms with Gasteiger partial charge in [0.25, 0.3) is 0 Å². The zero-order valence-corrected chi connectivity index (χ0v) is 15.1. The highest BCUT2D eigenvalue weighted by molar-refractivity contribution is 7.13. The molecular formula is C18H25N5S. The third-order valence-electron chi connectivity index (χ3n) is 3.89. The summed E-state index contributed by atoms with van der Waals surface area (Å²) in [5.41, 5.74) is 3.28. The van der Waals surface area contributed by atoms with E-state index in [2.05, 4.69) is 50.9 Å². The number of rotatable bonds is 9. The van der Waals surface area contributed by atoms with Gasteiger partial charge >= 0.3 is 0 Å². The Labute approximate surface area is 146 Å². The van der Waals surface area contributed by atoms with E-state index in [4.69, 9.17) is 0 Å². The van der Waals surface area contributed by atoms with E-state index in [0.717, 1.165) is 60.0 Å². The predicted octanol–water partition coefficient (Wildman–Crippen LogP) is 3.60. The molecule has 0 bridgehead atoms. The summed E-state index contributed by atoms with van der Waals surface area (Å²) in [6.07, 6.45) is 3.00. The molecule has 0 spiro atoms. The molecule has 3 rings (SSSR count). The lowest BCUT2D eigenvalue weighted by molar-refractivity contribution is 0.540. The van der Waals surface area contributed by atoms with Gasteiger partial charge in [0.15, 0.2) is 5.13 Å². The number of imidazole rings is 1. The highest BCUT2D eigenvalue weighted by Crippen LogP contribution is 2.17. The van der Waals surface area contributed by atoms with E-state index in [0.29, 0.717) is 6.04 Å². The second kappa shape index (κ2) is 8.26. The molecule has 2 aromatic heterocycles. The molecule has 0 aliphatic rings. The fourth-order valence-corrected chi connectivity index (χ4v) is 3.42. The number of aromatic nitrogens is 3. The molecule has 1 aromatic carbocycles. The van der Waals surface area contributed by atoms with Gasteiger partial charge in [0, 0.05) is 30.8 Å². The van der Waals surface area contributed by atoms with Gasteiger partial charge in [0.1, 0.15) is 5.82 Å². The standard InChI is InChI=1S/C18H25N5S/c1-3-9-19-13(2)11-14-12-24-18(21-14)20-10-8-17-22-15-6-4-5-7-16(15)23-17/h4-7,12-13,19H,3,8-11H2,1-2H3,(H,20,21)(H,22,23). The van der Waals surface area contributed by atoms with Gasteiger partial charge in [-0.25, -0.2) is 9.97 Å². The number of nitrogens with zero attached hydrogens (tertiary/aromatic N) is 2. The minimum absolute atomic E-state index is 0.468. The van der Waals surface area contributed by atoms with Crippen molar-refractivity contribution in [1.29, 1.82) is 0 Å². The van der Waals surface area contributed by atoms with Crippen LogP contribution >= 0.6 is 11.3 Å². The monoisotopic (exact) mass is 343 g/mol. The topological polar surface area (TPSA) is 65.6 Å². The Morgan fingerprint density at radius 3 is 2.92 bits per heavy atom. The number of H-pyrrole nitrogens is 1. The van der Waals surface area contributed by atoms with Crippen molar-refractivity contribution in [3.63, 3.8) is 0 Å². The van der Waals surface area contributed by atoms with E-state index < -0.39 is 0 Å². The fourth-order valence-electron chi connectivity index (χ4n) is 2.67. The van der Waals surface area contributed by atoms with Gasteiger partial charge in [-0.05, 0) is 32.0 Å². The summed E-state index contributed by atoms with van der Waals surface area (Å²) in [6, 6.07) is 8.59. The van der Waals surface area contributed by atoms with Gasteiger partial charge in [-0.2, -0.15) is 0 Å². The molecule has 1 atom stereocenters. The first-order valence-corrected chi connectivity index (χ1v) is 9.48. The lowest BCUT2D eigenvalue weighted by atomic mass is 10.2. The van der Waals surface area contributed by atoms with Crippen molar-refractivity contribution in [1.82, 2.24) is 20.3 Å². The van der Waals surface area contributed by atoms with Crippen LogP contribution in [0.2, 0.25) is 0 Å². The van der Waals surface area contributed by atoms with Crippen molar-refractivity contribution < 1.29 is 0 Å². The van der Waals surface area contributed by atoms with Gasteiger partial charge in [0.05, 0.1) is 16.7 Å². The molecule has 0 amide bonds. The number of para-hydroxylation sites is 2. The second-order valence-electron chi connectivity index (χ2n) is 6.08. The normalized spacial score (nSPS) is 12.6. The van der Waals surface area contributed by atoms with Crippen LogP contribution in [0.3, 0.4) is 0 Å². The van der Waals surface area contributed by atoms with E-state index in [1.807, 2.05) is 18.2 Å². The van der Waals surface area contributed by atoms with Crippen LogP contribution in [-0.4, -0.2) is 34.1 Å². The highest BCUT2D eigenvalue weighted by Gasteiger charge is 2.07. The molecule has 128 valence electrons. The van der Waals surface area contributed by atoms with Gasteiger partial charge in [-0.1, -0.05) is 19.1 Å². The van der Waals surface area contributed by atoms with Gasteiger partial charge < -0.3 is 15.6 Å². The first-order valence-electron chi connectivity index (χ1n) is 8.60. The first kappa shape index (κ1) is 16.9. The zero-order chi connectivity index (χ0) is 16.8. The van der Waals surface area contributed by atoms with Crippen molar-refractivity contribution in [3.8, 4) is 0 Å². The van der Waals surface area contributed by atoms with E-state index in [1.54, 1.807) is 11.3 Å². The van der Waals surface area contributed by atoms with Crippen LogP contribution in [-0.2, 0) is 12.8 Å². The molecular weight excluding hydrogens is 318 g/mol. The number of anilines is 1. The molecule has 5 nitrogen and oxygen atoms in total. The number of hydrogen-bond donors (Lipinski definition) is 3. The van der Waals surface area contributed by atoms with Crippen LogP contribution < -0.4 is 10.6 Å². The predicted molar refractivity (Wildman–Crippen MR) is 102 cm³/mol. The van der Waals surface area contributed by atoms with Crippen LogP contribution in [0.25, 0.3) is 11.0 Å². The Kier molecular flexibility index (Phi) is 5.82. The summed E-state index contributed by atoms with van der Waals surface area (Å²) in [4.78, 5) is 12.6. The summed E-state index contributed by atoms with van der Waals surface area (Å²) in [6.45, 7) is 6.29. The van der Waals surface area contributed by atoms with Crippen LogP contribution in [0.5, 0.6) is 0 Å². The lowest BCUT2D eigenvalue weighted by Crippen LogP contribution is -2.28. The van der Waals surface area contributed by atoms with Crippen molar-refractivity contribution >= 4 is 27.5 Å². The average Bonchev–Trinajstić information content (AvgIpc) is 3.19. The van der Waals surface area contributed by atoms with Gasteiger partial charge in [0.2, 0.25) is 0 Å². The van der Waals surface area contributed by atoms with E-state index >= 15 is 0 Å². The summed E-state index contributed by atoms with van der Waals surface area (Å²) in [5.74, 6) is 1.01. The lowest BCUT2D eigenvalue weighted by Gasteiger charge is -2.10. The van der Waals surface area contributed by atoms with Crippen molar-refractivity contribution in [2.45, 2.75) is 39.2 Å². The van der Waals surface area contributed by atoms with E-state index in [-0.39, 0.29) is 0 Å². The number of thiazole rings is 1. The van der Waals surface area contributed by atoms with Crippen LogP contribution in [0.15, 0.2) is 29.6 Å². The molecule has 1 unspecified atom stereocenters. The largest absolute Gasteiger partial charge is 0.361 e. The molecule has 6 heteroatoms. The molecule has 3 N–H and O–H groups in total. The quantitative estimate of drug-likeness (QED) is 0.555. The number of nitrogens with one attached hydrogen (secondary N) is 3. The maximum absolute atomic E-state index is 4.67. The maximum atomic E-state index is 4.67. The number of fused-ring (bicyclic) bond motifs is 1. The molecule has 0 radical (unpaired) electrons. The smallest absolute Gasteiger partial charge is 0.182 e. The molecule has 0 saturated heterocycles. The first-order chi connectivity index (χ1) is 11.7. The molecule has 0 saturated carbocycles. The molecule has 0 aliphatic carbocycles. The third-order valence-corrected chi connectivity index (χ3v) is 4.74. The van der Waals surface area contributed by atoms with Crippen molar-refractivity contribution in [2.75, 3.05) is 18.4 Å². The second-order valence-corrected chi connectivity index (χ2v) is 6.94. The number of hydrogen-bond acceptors (Lipinski definition) is 5. The maximum Gasteiger partial charge on any atom is 0.182 e. The highest BCUT2D eigenvalue weighted by atomic mass is 32.1. The molecule has 24 heavy (non-hydrogen) atoms. The summed E-state index contributed by atoms with van der Waals surface area (Å²) in [7, 11) is 0. The van der Waals surface area contributed by atoms with Gasteiger partial charge in [-0.3, -0.25) is 0 Å². The molecule has 0 aliphatic heterocycles. The summed E-state index contributed by atoms with van der Waals surface area (Å²) in [5, 5.41) is 10.0. The third kappa shape index (κ3) is 4.55. The Morgan fingerprint density at radius 1 is 1.21 bits per heavy atom. The minimum Gasteiger partial charge on any atom is -0.361 e. The number of aromatic amines is 1. The van der Waals surface area contributed by atoms with Crippen LogP contribution in [0.1, 0.15) is 31.8 Å². The summed E-state index contributed by atoms with van der Waals surface area (Å²) >= 11 is 1.67. The Hall–Kier alpha value is -1.92. The minimum atomic E-state index is 0.468. The van der Waals surface area contributed by atoms with Crippen LogP contribution in [0.4, 0.5) is 5.13 Å². The fraction of sp³-hybridized carbons (Fsp3) is 0.444. The Bertz CT molecular complexity index is 730. The van der Waals surface area contributed by atoms with E-state index in [1.165, 1.54) is 0 Å². The SMILES string of the molecule is CCCNC(C)Cc1csc(NCCc2nc3ccccc3[nH]2)n1. The van der Waals surface area contributed by atoms with Gasteiger partial charge in [-0.15, -0.1) is 11.3 Å². The van der Waals surface area contributed by atoms with Crippen molar-refractivity contribution in [2.24, 2.45) is 0 Å². The van der Waals surface area contributed by atoms with Crippen molar-refractivity contribution in [3.05, 3.63) is 41.2 Å². The Morgan fingerprint density at radius 2 is 2.08 bits per heavy atom. The Balaban J connectivity index is 1.46.